The Morgan fingerprint density at radius 3 is 1.51 bits per heavy atom. The molecule has 5 heteroatoms. The Kier molecular flexibility index (Phi) is 12.2. The Hall–Kier alpha value is -0.916. The molecule has 1 aromatic rings. The van der Waals surface area contributed by atoms with Crippen molar-refractivity contribution in [2.24, 2.45) is 5.41 Å². The van der Waals surface area contributed by atoms with Gasteiger partial charge >= 0.3 is 5.97 Å². The molecule has 0 radical (unpaired) electrons. The summed E-state index contributed by atoms with van der Waals surface area (Å²) in [7, 11) is -1.95. The van der Waals surface area contributed by atoms with Crippen LogP contribution in [0.4, 0.5) is 0 Å². The molecule has 0 N–H and O–H groups in total. The van der Waals surface area contributed by atoms with E-state index in [1.165, 1.54) is 12.0 Å². The topological polar surface area (TPSA) is 35.5 Å². The summed E-state index contributed by atoms with van der Waals surface area (Å²) in [5.41, 5.74) is 1.03. The minimum Gasteiger partial charge on any atom is -0.457 e. The number of ether oxygens (including phenoxy) is 2. The van der Waals surface area contributed by atoms with Gasteiger partial charge in [0.05, 0.1) is 16.1 Å². The second kappa shape index (κ2) is 12.5. The third kappa shape index (κ3) is 6.02. The molecule has 0 unspecified atom stereocenters. The molecule has 2 rings (SSSR count). The van der Waals surface area contributed by atoms with E-state index in [1.807, 2.05) is 13.8 Å². The summed E-state index contributed by atoms with van der Waals surface area (Å²) in [5.74, 6) is -0.269. The standard InChI is InChI=1S/C21H44O3Si2.C11H16.C2H6/c1-17(2,24-16(22)15-23-10)21(9)18(3,4)25(11,12)20(7,8)26(13,14)19(21,5)6;1-4-11(2,3)10-8-6-5-7-9-10;1-2/h15H2,1-14H3;5-9H,4H2,1-3H3;1-2H3. The lowest BCUT2D eigenvalue weighted by Crippen LogP contribution is -2.78. The Morgan fingerprint density at radius 2 is 1.18 bits per heavy atom. The van der Waals surface area contributed by atoms with Gasteiger partial charge in [-0.1, -0.05) is 140 Å². The van der Waals surface area contributed by atoms with Crippen LogP contribution >= 0.6 is 0 Å². The number of benzene rings is 1. The maximum Gasteiger partial charge on any atom is 0.332 e. The average molecular weight is 579 g/mol. The van der Waals surface area contributed by atoms with Gasteiger partial charge < -0.3 is 9.47 Å². The van der Waals surface area contributed by atoms with Crippen LogP contribution < -0.4 is 0 Å². The maximum absolute atomic E-state index is 12.4. The highest BCUT2D eigenvalue weighted by atomic mass is 28.4. The number of carbonyl (C=O) groups is 1. The fraction of sp³-hybridized carbons (Fsp3) is 0.794. The van der Waals surface area contributed by atoms with Gasteiger partial charge in [0.15, 0.2) is 0 Å². The summed E-state index contributed by atoms with van der Waals surface area (Å²) in [6, 6.07) is 10.7. The highest BCUT2D eigenvalue weighted by Crippen LogP contribution is 2.81. The van der Waals surface area contributed by atoms with Gasteiger partial charge in [0.25, 0.3) is 0 Å². The van der Waals surface area contributed by atoms with E-state index in [0.717, 1.165) is 0 Å². The number of hydrogen-bond donors (Lipinski definition) is 0. The molecular formula is C34H66O3Si2. The number of methoxy groups -OCH3 is 1. The molecule has 0 aliphatic carbocycles. The first-order valence-electron chi connectivity index (χ1n) is 15.1. The molecular weight excluding hydrogens is 513 g/mol. The smallest absolute Gasteiger partial charge is 0.332 e. The number of hydrogen-bond acceptors (Lipinski definition) is 3. The van der Waals surface area contributed by atoms with E-state index >= 15 is 0 Å². The third-order valence-corrected chi connectivity index (χ3v) is 30.3. The van der Waals surface area contributed by atoms with Gasteiger partial charge in [0.2, 0.25) is 0 Å². The van der Waals surface area contributed by atoms with Crippen molar-refractivity contribution in [3.63, 3.8) is 0 Å². The highest BCUT2D eigenvalue weighted by molar-refractivity contribution is 7.03. The van der Waals surface area contributed by atoms with Crippen molar-refractivity contribution in [1.29, 1.82) is 0 Å². The molecule has 0 atom stereocenters. The van der Waals surface area contributed by atoms with E-state index in [9.17, 15) is 4.79 Å². The van der Waals surface area contributed by atoms with Gasteiger partial charge in [-0.2, -0.15) is 0 Å². The van der Waals surface area contributed by atoms with Crippen molar-refractivity contribution in [3.8, 4) is 0 Å². The molecule has 0 amide bonds. The first-order chi connectivity index (χ1) is 17.4. The van der Waals surface area contributed by atoms with E-state index in [4.69, 9.17) is 9.47 Å². The summed E-state index contributed by atoms with van der Waals surface area (Å²) in [6.45, 7) is 42.5. The minimum atomic E-state index is -1.75. The number of esters is 1. The average Bonchev–Trinajstić information content (AvgIpc) is 2.84. The zero-order valence-electron chi connectivity index (χ0n) is 29.5. The monoisotopic (exact) mass is 578 g/mol. The minimum absolute atomic E-state index is 0.00744. The molecule has 0 spiro atoms. The van der Waals surface area contributed by atoms with Crippen LogP contribution in [0.15, 0.2) is 30.3 Å². The van der Waals surface area contributed by atoms with Crippen LogP contribution in [0.5, 0.6) is 0 Å². The van der Waals surface area contributed by atoms with Crippen LogP contribution in [0, 0.1) is 5.41 Å². The van der Waals surface area contributed by atoms with Crippen LogP contribution in [0.1, 0.15) is 109 Å². The van der Waals surface area contributed by atoms with Gasteiger partial charge in [0, 0.05) is 12.5 Å². The quantitative estimate of drug-likeness (QED) is 0.249. The van der Waals surface area contributed by atoms with Gasteiger partial charge in [-0.15, -0.1) is 0 Å². The largest absolute Gasteiger partial charge is 0.457 e. The molecule has 3 nitrogen and oxygen atoms in total. The molecule has 0 aromatic heterocycles. The molecule has 1 saturated heterocycles. The van der Waals surface area contributed by atoms with Crippen molar-refractivity contribution in [2.45, 2.75) is 155 Å². The molecule has 0 bridgehead atoms. The SMILES string of the molecule is CC.CCC(C)(C)c1ccccc1.COCC(=O)OC(C)(C)C1(C)C(C)(C)[Si](C)(C)C(C)(C)[Si](C)(C)C1(C)C. The van der Waals surface area contributed by atoms with Crippen LogP contribution in [0.3, 0.4) is 0 Å². The van der Waals surface area contributed by atoms with Gasteiger partial charge in [-0.25, -0.2) is 4.79 Å². The summed E-state index contributed by atoms with van der Waals surface area (Å²) in [4.78, 5) is 12.4. The fourth-order valence-electron chi connectivity index (χ4n) is 7.51. The molecule has 1 aliphatic heterocycles. The maximum atomic E-state index is 12.4. The molecule has 39 heavy (non-hydrogen) atoms. The van der Waals surface area contributed by atoms with Gasteiger partial charge in [-0.3, -0.25) is 0 Å². The molecule has 1 aromatic carbocycles. The predicted octanol–water partition coefficient (Wildman–Crippen LogP) is 10.7. The van der Waals surface area contributed by atoms with Crippen molar-refractivity contribution in [2.75, 3.05) is 13.7 Å². The van der Waals surface area contributed by atoms with Crippen LogP contribution in [-0.4, -0.2) is 41.4 Å². The number of rotatable bonds is 6. The van der Waals surface area contributed by atoms with Crippen molar-refractivity contribution < 1.29 is 14.3 Å². The third-order valence-electron chi connectivity index (χ3n) is 13.0. The Balaban J connectivity index is 0.000000920. The van der Waals surface area contributed by atoms with Crippen LogP contribution in [-0.2, 0) is 19.7 Å². The lowest BCUT2D eigenvalue weighted by atomic mass is 9.59. The highest BCUT2D eigenvalue weighted by Gasteiger charge is 2.78. The lowest BCUT2D eigenvalue weighted by Gasteiger charge is -2.78. The van der Waals surface area contributed by atoms with Gasteiger partial charge in [0.1, 0.15) is 12.2 Å². The number of carbonyl (C=O) groups excluding carboxylic acids is 1. The Bertz CT molecular complexity index is 895. The molecule has 1 fully saturated rings. The van der Waals surface area contributed by atoms with E-state index in [2.05, 4.69) is 140 Å². The van der Waals surface area contributed by atoms with E-state index in [-0.39, 0.29) is 28.1 Å². The normalized spacial score (nSPS) is 21.8. The summed E-state index contributed by atoms with van der Waals surface area (Å²) < 4.78 is 11.5. The van der Waals surface area contributed by atoms with Crippen LogP contribution in [0.25, 0.3) is 0 Å². The van der Waals surface area contributed by atoms with Crippen molar-refractivity contribution >= 4 is 22.1 Å². The van der Waals surface area contributed by atoms with Crippen molar-refractivity contribution in [1.82, 2.24) is 0 Å². The zero-order chi connectivity index (χ0) is 31.5. The van der Waals surface area contributed by atoms with Gasteiger partial charge in [-0.05, 0) is 46.0 Å². The summed E-state index contributed by atoms with van der Waals surface area (Å²) in [5, 5.41) is 0.152. The first kappa shape index (κ1) is 38.1. The molecule has 1 aliphatic rings. The van der Waals surface area contributed by atoms with Crippen molar-refractivity contribution in [3.05, 3.63) is 35.9 Å². The molecule has 0 saturated carbocycles. The van der Waals surface area contributed by atoms with E-state index in [1.54, 1.807) is 7.11 Å². The molecule has 228 valence electrons. The second-order valence-corrected chi connectivity index (χ2v) is 27.3. The van der Waals surface area contributed by atoms with Crippen LogP contribution in [0.2, 0.25) is 40.9 Å². The molecule has 1 heterocycles. The Labute approximate surface area is 246 Å². The lowest BCUT2D eigenvalue weighted by molar-refractivity contribution is -0.183. The first-order valence-corrected chi connectivity index (χ1v) is 21.1. The predicted molar refractivity (Wildman–Crippen MR) is 178 cm³/mol. The summed E-state index contributed by atoms with van der Waals surface area (Å²) >= 11 is 0. The second-order valence-electron chi connectivity index (χ2n) is 15.3. The van der Waals surface area contributed by atoms with E-state index < -0.39 is 21.7 Å². The summed E-state index contributed by atoms with van der Waals surface area (Å²) in [6.07, 6.45) is 1.19. The Morgan fingerprint density at radius 1 is 0.795 bits per heavy atom. The zero-order valence-corrected chi connectivity index (χ0v) is 31.5. The fourth-order valence-corrected chi connectivity index (χ4v) is 22.6. The van der Waals surface area contributed by atoms with E-state index in [0.29, 0.717) is 10.1 Å².